The SMILES string of the molecule is COc1ccc(-c2nsc(NC(=O)[C@@H](C)Oc3cc(C)c(Cl)c(C)c3)n2)cc1OC. The summed E-state index contributed by atoms with van der Waals surface area (Å²) in [5.74, 6) is 1.93. The molecule has 0 fully saturated rings. The first-order chi connectivity index (χ1) is 14.3. The Bertz CT molecular complexity index is 1050. The van der Waals surface area contributed by atoms with Gasteiger partial charge in [0.2, 0.25) is 5.13 Å². The highest BCUT2D eigenvalue weighted by molar-refractivity contribution is 7.10. The largest absolute Gasteiger partial charge is 0.493 e. The topological polar surface area (TPSA) is 82.6 Å². The van der Waals surface area contributed by atoms with Crippen molar-refractivity contribution >= 4 is 34.2 Å². The average molecular weight is 448 g/mol. The van der Waals surface area contributed by atoms with Crippen LogP contribution in [-0.2, 0) is 4.79 Å². The minimum absolute atomic E-state index is 0.324. The molecule has 3 aromatic rings. The summed E-state index contributed by atoms with van der Waals surface area (Å²) in [4.78, 5) is 16.9. The lowest BCUT2D eigenvalue weighted by Crippen LogP contribution is -2.30. The first kappa shape index (κ1) is 21.9. The van der Waals surface area contributed by atoms with Crippen molar-refractivity contribution in [3.8, 4) is 28.6 Å². The van der Waals surface area contributed by atoms with E-state index in [0.717, 1.165) is 28.2 Å². The quantitative estimate of drug-likeness (QED) is 0.554. The lowest BCUT2D eigenvalue weighted by Gasteiger charge is -2.15. The van der Waals surface area contributed by atoms with Crippen molar-refractivity contribution in [2.24, 2.45) is 0 Å². The maximum absolute atomic E-state index is 12.5. The second-order valence-corrected chi connectivity index (χ2v) is 7.74. The number of aryl methyl sites for hydroxylation is 2. The summed E-state index contributed by atoms with van der Waals surface area (Å²) in [5, 5.41) is 3.81. The van der Waals surface area contributed by atoms with Gasteiger partial charge in [-0.25, -0.2) is 0 Å². The number of hydrogen-bond acceptors (Lipinski definition) is 7. The van der Waals surface area contributed by atoms with Crippen LogP contribution in [0.25, 0.3) is 11.4 Å². The van der Waals surface area contributed by atoms with E-state index in [1.165, 1.54) is 0 Å². The molecule has 158 valence electrons. The Morgan fingerprint density at radius 2 is 1.77 bits per heavy atom. The van der Waals surface area contributed by atoms with Crippen molar-refractivity contribution < 1.29 is 19.0 Å². The summed E-state index contributed by atoms with van der Waals surface area (Å²) in [6, 6.07) is 8.99. The normalized spacial score (nSPS) is 11.7. The molecule has 1 atom stereocenters. The molecule has 0 aliphatic carbocycles. The molecule has 2 aromatic carbocycles. The van der Waals surface area contributed by atoms with Crippen LogP contribution in [0, 0.1) is 13.8 Å². The predicted molar refractivity (Wildman–Crippen MR) is 118 cm³/mol. The molecule has 1 N–H and O–H groups in total. The zero-order valence-electron chi connectivity index (χ0n) is 17.3. The van der Waals surface area contributed by atoms with Crippen LogP contribution in [0.5, 0.6) is 17.2 Å². The fourth-order valence-corrected chi connectivity index (χ4v) is 3.51. The Kier molecular flexibility index (Phi) is 6.79. The zero-order chi connectivity index (χ0) is 21.8. The summed E-state index contributed by atoms with van der Waals surface area (Å²) in [7, 11) is 3.13. The number of aromatic nitrogens is 2. The molecular weight excluding hydrogens is 426 g/mol. The number of ether oxygens (including phenoxy) is 3. The van der Waals surface area contributed by atoms with Gasteiger partial charge in [-0.3, -0.25) is 10.1 Å². The van der Waals surface area contributed by atoms with Gasteiger partial charge in [0.25, 0.3) is 5.91 Å². The van der Waals surface area contributed by atoms with Gasteiger partial charge < -0.3 is 14.2 Å². The molecule has 1 heterocycles. The number of amides is 1. The van der Waals surface area contributed by atoms with E-state index in [2.05, 4.69) is 14.7 Å². The summed E-state index contributed by atoms with van der Waals surface area (Å²) < 4.78 is 20.6. The van der Waals surface area contributed by atoms with Crippen molar-refractivity contribution in [1.82, 2.24) is 9.36 Å². The Labute approximate surface area is 184 Å². The molecule has 0 radical (unpaired) electrons. The fraction of sp³-hybridized carbons (Fsp3) is 0.286. The van der Waals surface area contributed by atoms with Gasteiger partial charge in [0.15, 0.2) is 23.4 Å². The number of hydrogen-bond donors (Lipinski definition) is 1. The van der Waals surface area contributed by atoms with Gasteiger partial charge in [-0.15, -0.1) is 0 Å². The highest BCUT2D eigenvalue weighted by Gasteiger charge is 2.18. The van der Waals surface area contributed by atoms with E-state index in [4.69, 9.17) is 25.8 Å². The maximum Gasteiger partial charge on any atom is 0.266 e. The molecule has 0 aliphatic heterocycles. The third-order valence-electron chi connectivity index (χ3n) is 4.39. The molecule has 1 amide bonds. The lowest BCUT2D eigenvalue weighted by atomic mass is 10.1. The van der Waals surface area contributed by atoms with Gasteiger partial charge in [0.1, 0.15) is 5.75 Å². The molecule has 1 aromatic heterocycles. The van der Waals surface area contributed by atoms with Gasteiger partial charge >= 0.3 is 0 Å². The number of carbonyl (C=O) groups is 1. The van der Waals surface area contributed by atoms with E-state index < -0.39 is 6.10 Å². The van der Waals surface area contributed by atoms with Crippen LogP contribution in [0.15, 0.2) is 30.3 Å². The Hall–Kier alpha value is -2.84. The first-order valence-electron chi connectivity index (χ1n) is 9.12. The van der Waals surface area contributed by atoms with Crippen molar-refractivity contribution in [3.05, 3.63) is 46.5 Å². The van der Waals surface area contributed by atoms with E-state index in [1.54, 1.807) is 45.4 Å². The number of nitrogens with zero attached hydrogens (tertiary/aromatic N) is 2. The van der Waals surface area contributed by atoms with Crippen LogP contribution >= 0.6 is 23.1 Å². The number of carbonyl (C=O) groups excluding carboxylic acids is 1. The maximum atomic E-state index is 12.5. The number of halogens is 1. The van der Waals surface area contributed by atoms with Crippen molar-refractivity contribution in [2.45, 2.75) is 26.9 Å². The minimum Gasteiger partial charge on any atom is -0.493 e. The number of methoxy groups -OCH3 is 2. The summed E-state index contributed by atoms with van der Waals surface area (Å²) in [5.41, 5.74) is 2.53. The molecule has 0 saturated carbocycles. The van der Waals surface area contributed by atoms with Gasteiger partial charge in [0.05, 0.1) is 14.2 Å². The molecule has 9 heteroatoms. The highest BCUT2D eigenvalue weighted by Crippen LogP contribution is 2.32. The number of rotatable bonds is 7. The van der Waals surface area contributed by atoms with Gasteiger partial charge in [-0.1, -0.05) is 11.6 Å². The highest BCUT2D eigenvalue weighted by atomic mass is 35.5. The van der Waals surface area contributed by atoms with E-state index in [-0.39, 0.29) is 5.91 Å². The van der Waals surface area contributed by atoms with Crippen molar-refractivity contribution in [1.29, 1.82) is 0 Å². The van der Waals surface area contributed by atoms with E-state index >= 15 is 0 Å². The predicted octanol–water partition coefficient (Wildman–Crippen LogP) is 4.90. The molecule has 0 spiro atoms. The molecule has 0 bridgehead atoms. The number of nitrogens with one attached hydrogen (secondary N) is 1. The number of benzene rings is 2. The summed E-state index contributed by atoms with van der Waals surface area (Å²) in [6.45, 7) is 5.46. The van der Waals surface area contributed by atoms with Gasteiger partial charge in [-0.2, -0.15) is 9.36 Å². The zero-order valence-corrected chi connectivity index (χ0v) is 18.9. The first-order valence-corrected chi connectivity index (χ1v) is 10.3. The second-order valence-electron chi connectivity index (χ2n) is 6.61. The third kappa shape index (κ3) is 4.83. The average Bonchev–Trinajstić information content (AvgIpc) is 3.19. The molecule has 0 aliphatic rings. The van der Waals surface area contributed by atoms with Crippen LogP contribution in [0.1, 0.15) is 18.1 Å². The summed E-state index contributed by atoms with van der Waals surface area (Å²) >= 11 is 7.27. The van der Waals surface area contributed by atoms with Crippen LogP contribution in [0.2, 0.25) is 5.02 Å². The van der Waals surface area contributed by atoms with E-state index in [1.807, 2.05) is 19.9 Å². The monoisotopic (exact) mass is 447 g/mol. The smallest absolute Gasteiger partial charge is 0.266 e. The Morgan fingerprint density at radius 3 is 2.40 bits per heavy atom. The van der Waals surface area contributed by atoms with Gasteiger partial charge in [-0.05, 0) is 62.2 Å². The lowest BCUT2D eigenvalue weighted by molar-refractivity contribution is -0.122. The summed E-state index contributed by atoms with van der Waals surface area (Å²) in [6.07, 6.45) is -0.724. The van der Waals surface area contributed by atoms with Crippen molar-refractivity contribution in [2.75, 3.05) is 19.5 Å². The minimum atomic E-state index is -0.724. The van der Waals surface area contributed by atoms with E-state index in [9.17, 15) is 4.79 Å². The molecular formula is C21H22ClN3O4S. The van der Waals surface area contributed by atoms with E-state index in [0.29, 0.717) is 33.2 Å². The van der Waals surface area contributed by atoms with Crippen molar-refractivity contribution in [3.63, 3.8) is 0 Å². The fourth-order valence-electron chi connectivity index (χ4n) is 2.81. The van der Waals surface area contributed by atoms with Crippen LogP contribution in [0.3, 0.4) is 0 Å². The Balaban J connectivity index is 1.69. The van der Waals surface area contributed by atoms with Gasteiger partial charge in [0, 0.05) is 22.1 Å². The van der Waals surface area contributed by atoms with Crippen LogP contribution < -0.4 is 19.5 Å². The molecule has 30 heavy (non-hydrogen) atoms. The van der Waals surface area contributed by atoms with Crippen LogP contribution in [0.4, 0.5) is 5.13 Å². The number of anilines is 1. The molecule has 0 unspecified atom stereocenters. The molecule has 0 saturated heterocycles. The Morgan fingerprint density at radius 1 is 1.10 bits per heavy atom. The third-order valence-corrected chi connectivity index (χ3v) is 5.62. The second kappa shape index (κ2) is 9.32. The molecule has 7 nitrogen and oxygen atoms in total. The molecule has 3 rings (SSSR count). The van der Waals surface area contributed by atoms with Crippen LogP contribution in [-0.4, -0.2) is 35.6 Å². The standard InChI is InChI=1S/C21H22ClN3O4S/c1-11-8-15(9-12(2)18(11)22)29-13(3)20(26)24-21-23-19(25-30-21)14-6-7-16(27-4)17(10-14)28-5/h6-10,13H,1-5H3,(H,23,24,25,26)/t13-/m1/s1.